The van der Waals surface area contributed by atoms with E-state index in [9.17, 15) is 13.6 Å². The van der Waals surface area contributed by atoms with E-state index in [0.29, 0.717) is 27.1 Å². The molecule has 0 spiro atoms. The first-order valence-corrected chi connectivity index (χ1v) is 7.90. The molecule has 3 aromatic rings. The summed E-state index contributed by atoms with van der Waals surface area (Å²) in [6, 6.07) is 11.5. The van der Waals surface area contributed by atoms with Crippen molar-refractivity contribution in [1.29, 1.82) is 0 Å². The highest BCUT2D eigenvalue weighted by Gasteiger charge is 2.16. The van der Waals surface area contributed by atoms with Gasteiger partial charge >= 0.3 is 0 Å². The molecule has 0 fully saturated rings. The molecule has 0 saturated carbocycles. The standard InChI is InChI=1S/C17H13F2N3OS/c1-10-15(16(23)21-14-4-2-3-12(19)9-14)24-17(20-10)22-13-7-5-11(18)6-8-13/h2-9H,1H3,(H,20,22)(H,21,23). The number of hydrogen-bond donors (Lipinski definition) is 2. The third-order valence-corrected chi connectivity index (χ3v) is 4.25. The smallest absolute Gasteiger partial charge is 0.267 e. The predicted molar refractivity (Wildman–Crippen MR) is 90.9 cm³/mol. The van der Waals surface area contributed by atoms with Gasteiger partial charge in [0.05, 0.1) is 5.69 Å². The first kappa shape index (κ1) is 16.1. The van der Waals surface area contributed by atoms with Crippen LogP contribution in [0.2, 0.25) is 0 Å². The summed E-state index contributed by atoms with van der Waals surface area (Å²) < 4.78 is 26.1. The third-order valence-electron chi connectivity index (χ3n) is 3.18. The maximum atomic E-state index is 13.2. The van der Waals surface area contributed by atoms with Gasteiger partial charge in [-0.2, -0.15) is 0 Å². The van der Waals surface area contributed by atoms with Crippen LogP contribution in [0.25, 0.3) is 0 Å². The lowest BCUT2D eigenvalue weighted by Crippen LogP contribution is -2.11. The van der Waals surface area contributed by atoms with Crippen molar-refractivity contribution in [1.82, 2.24) is 4.98 Å². The molecule has 0 aliphatic heterocycles. The molecule has 1 amide bonds. The Hall–Kier alpha value is -2.80. The quantitative estimate of drug-likeness (QED) is 0.719. The topological polar surface area (TPSA) is 54.0 Å². The van der Waals surface area contributed by atoms with Gasteiger partial charge < -0.3 is 10.6 Å². The summed E-state index contributed by atoms with van der Waals surface area (Å²) in [4.78, 5) is 17.0. The molecule has 1 aromatic heterocycles. The zero-order chi connectivity index (χ0) is 17.1. The summed E-state index contributed by atoms with van der Waals surface area (Å²) >= 11 is 1.17. The van der Waals surface area contributed by atoms with Crippen molar-refractivity contribution in [3.8, 4) is 0 Å². The summed E-state index contributed by atoms with van der Waals surface area (Å²) in [5.74, 6) is -1.11. The highest BCUT2D eigenvalue weighted by Crippen LogP contribution is 2.26. The number of thiazole rings is 1. The van der Waals surface area contributed by atoms with Gasteiger partial charge in [-0.1, -0.05) is 17.4 Å². The van der Waals surface area contributed by atoms with Crippen molar-refractivity contribution in [3.05, 3.63) is 70.7 Å². The average Bonchev–Trinajstić information content (AvgIpc) is 2.90. The van der Waals surface area contributed by atoms with Crippen molar-refractivity contribution in [2.45, 2.75) is 6.92 Å². The Morgan fingerprint density at radius 3 is 2.50 bits per heavy atom. The first-order valence-electron chi connectivity index (χ1n) is 7.08. The Bertz CT molecular complexity index is 878. The van der Waals surface area contributed by atoms with Crippen LogP contribution in [0.1, 0.15) is 15.4 Å². The first-order chi connectivity index (χ1) is 11.5. The molecular formula is C17H13F2N3OS. The summed E-state index contributed by atoms with van der Waals surface area (Å²) in [5, 5.41) is 6.18. The zero-order valence-electron chi connectivity index (χ0n) is 12.6. The Kier molecular flexibility index (Phi) is 4.52. The van der Waals surface area contributed by atoms with E-state index in [1.165, 1.54) is 41.7 Å². The van der Waals surface area contributed by atoms with Gasteiger partial charge in [-0.15, -0.1) is 0 Å². The van der Waals surface area contributed by atoms with Crippen LogP contribution < -0.4 is 10.6 Å². The molecule has 1 heterocycles. The second kappa shape index (κ2) is 6.76. The van der Waals surface area contributed by atoms with E-state index >= 15 is 0 Å². The van der Waals surface area contributed by atoms with E-state index in [-0.39, 0.29) is 11.7 Å². The Labute approximate surface area is 141 Å². The fourth-order valence-corrected chi connectivity index (χ4v) is 2.95. The van der Waals surface area contributed by atoms with E-state index < -0.39 is 5.82 Å². The van der Waals surface area contributed by atoms with E-state index in [1.54, 1.807) is 25.1 Å². The molecule has 7 heteroatoms. The van der Waals surface area contributed by atoms with Crippen molar-refractivity contribution in [2.75, 3.05) is 10.6 Å². The van der Waals surface area contributed by atoms with Gasteiger partial charge in [-0.05, 0) is 49.4 Å². The lowest BCUT2D eigenvalue weighted by atomic mass is 10.3. The number of carbonyl (C=O) groups is 1. The third kappa shape index (κ3) is 3.75. The molecular weight excluding hydrogens is 332 g/mol. The highest BCUT2D eigenvalue weighted by atomic mass is 32.1. The van der Waals surface area contributed by atoms with Crippen molar-refractivity contribution in [3.63, 3.8) is 0 Å². The van der Waals surface area contributed by atoms with Gasteiger partial charge in [0, 0.05) is 11.4 Å². The number of carbonyl (C=O) groups excluding carboxylic acids is 1. The van der Waals surface area contributed by atoms with Gasteiger partial charge in [0.1, 0.15) is 16.5 Å². The summed E-state index contributed by atoms with van der Waals surface area (Å²) in [5.41, 5.74) is 1.60. The predicted octanol–water partition coefficient (Wildman–Crippen LogP) is 4.73. The summed E-state index contributed by atoms with van der Waals surface area (Å²) in [6.07, 6.45) is 0. The van der Waals surface area contributed by atoms with Crippen LogP contribution in [0.4, 0.5) is 25.3 Å². The van der Waals surface area contributed by atoms with Crippen LogP contribution in [0.15, 0.2) is 48.5 Å². The summed E-state index contributed by atoms with van der Waals surface area (Å²) in [7, 11) is 0. The minimum atomic E-state index is -0.424. The van der Waals surface area contributed by atoms with Crippen molar-refractivity contribution >= 4 is 33.8 Å². The highest BCUT2D eigenvalue weighted by molar-refractivity contribution is 7.17. The zero-order valence-corrected chi connectivity index (χ0v) is 13.5. The number of benzene rings is 2. The van der Waals surface area contributed by atoms with Crippen LogP contribution in [0, 0.1) is 18.6 Å². The van der Waals surface area contributed by atoms with Gasteiger partial charge in [0.25, 0.3) is 5.91 Å². The molecule has 122 valence electrons. The molecule has 0 atom stereocenters. The van der Waals surface area contributed by atoms with Gasteiger partial charge in [-0.3, -0.25) is 4.79 Å². The number of halogens is 2. The van der Waals surface area contributed by atoms with E-state index in [0.717, 1.165) is 0 Å². The molecule has 0 aliphatic carbocycles. The largest absolute Gasteiger partial charge is 0.332 e. The molecule has 0 bridgehead atoms. The maximum Gasteiger partial charge on any atom is 0.267 e. The number of nitrogens with one attached hydrogen (secondary N) is 2. The number of nitrogens with zero attached hydrogens (tertiary/aromatic N) is 1. The van der Waals surface area contributed by atoms with Crippen LogP contribution in [0.5, 0.6) is 0 Å². The van der Waals surface area contributed by atoms with Gasteiger partial charge in [-0.25, -0.2) is 13.8 Å². The second-order valence-electron chi connectivity index (χ2n) is 5.03. The van der Waals surface area contributed by atoms with Crippen molar-refractivity contribution < 1.29 is 13.6 Å². The fraction of sp³-hybridized carbons (Fsp3) is 0.0588. The van der Waals surface area contributed by atoms with E-state index in [4.69, 9.17) is 0 Å². The van der Waals surface area contributed by atoms with Crippen LogP contribution in [-0.4, -0.2) is 10.9 Å². The number of amides is 1. The van der Waals surface area contributed by atoms with Crippen LogP contribution in [0.3, 0.4) is 0 Å². The SMILES string of the molecule is Cc1nc(Nc2ccc(F)cc2)sc1C(=O)Nc1cccc(F)c1. The monoisotopic (exact) mass is 345 g/mol. The minimum absolute atomic E-state index is 0.328. The van der Waals surface area contributed by atoms with Crippen LogP contribution in [-0.2, 0) is 0 Å². The molecule has 0 saturated heterocycles. The normalized spacial score (nSPS) is 10.5. The molecule has 2 aromatic carbocycles. The molecule has 4 nitrogen and oxygen atoms in total. The lowest BCUT2D eigenvalue weighted by molar-refractivity contribution is 0.103. The molecule has 0 radical (unpaired) electrons. The fourth-order valence-electron chi connectivity index (χ4n) is 2.07. The Balaban J connectivity index is 1.75. The van der Waals surface area contributed by atoms with Crippen molar-refractivity contribution in [2.24, 2.45) is 0 Å². The Morgan fingerprint density at radius 2 is 1.79 bits per heavy atom. The van der Waals surface area contributed by atoms with E-state index in [2.05, 4.69) is 15.6 Å². The Morgan fingerprint density at radius 1 is 1.04 bits per heavy atom. The second-order valence-corrected chi connectivity index (χ2v) is 6.03. The number of aromatic nitrogens is 1. The molecule has 0 unspecified atom stereocenters. The maximum absolute atomic E-state index is 13.2. The van der Waals surface area contributed by atoms with Gasteiger partial charge in [0.2, 0.25) is 0 Å². The average molecular weight is 345 g/mol. The van der Waals surface area contributed by atoms with Gasteiger partial charge in [0.15, 0.2) is 5.13 Å². The number of aryl methyl sites for hydroxylation is 1. The lowest BCUT2D eigenvalue weighted by Gasteiger charge is -2.03. The summed E-state index contributed by atoms with van der Waals surface area (Å²) in [6.45, 7) is 1.72. The molecule has 0 aliphatic rings. The number of hydrogen-bond acceptors (Lipinski definition) is 4. The molecule has 24 heavy (non-hydrogen) atoms. The van der Waals surface area contributed by atoms with Crippen LogP contribution >= 0.6 is 11.3 Å². The van der Waals surface area contributed by atoms with E-state index in [1.807, 2.05) is 0 Å². The number of anilines is 3. The minimum Gasteiger partial charge on any atom is -0.332 e. The molecule has 3 rings (SSSR count). The molecule has 2 N–H and O–H groups in total. The number of rotatable bonds is 4.